The highest BCUT2D eigenvalue weighted by Crippen LogP contribution is 2.28. The second-order valence-corrected chi connectivity index (χ2v) is 6.84. The van der Waals surface area contributed by atoms with E-state index in [-0.39, 0.29) is 5.41 Å². The Morgan fingerprint density at radius 3 is 2.22 bits per heavy atom. The molecule has 1 unspecified atom stereocenters. The number of aryl methyl sites for hydroxylation is 2. The van der Waals surface area contributed by atoms with Crippen molar-refractivity contribution in [3.8, 4) is 0 Å². The first-order valence-corrected chi connectivity index (χ1v) is 7.22. The van der Waals surface area contributed by atoms with Crippen LogP contribution in [-0.4, -0.2) is 12.6 Å². The summed E-state index contributed by atoms with van der Waals surface area (Å²) in [5.74, 6) is 0. The van der Waals surface area contributed by atoms with Crippen molar-refractivity contribution in [2.45, 2.75) is 65.3 Å². The van der Waals surface area contributed by atoms with E-state index in [0.717, 1.165) is 0 Å². The van der Waals surface area contributed by atoms with E-state index in [9.17, 15) is 0 Å². The van der Waals surface area contributed by atoms with Crippen molar-refractivity contribution in [3.05, 3.63) is 34.4 Å². The van der Waals surface area contributed by atoms with Gasteiger partial charge < -0.3 is 5.32 Å². The molecule has 2 rings (SSSR count). The Kier molecular flexibility index (Phi) is 3.82. The summed E-state index contributed by atoms with van der Waals surface area (Å²) in [6.45, 7) is 12.6. The number of benzene rings is 1. The van der Waals surface area contributed by atoms with Crippen LogP contribution in [0, 0.1) is 13.8 Å². The summed E-state index contributed by atoms with van der Waals surface area (Å²) in [4.78, 5) is 0. The lowest BCUT2D eigenvalue weighted by molar-refractivity contribution is 0.583. The molecular weight excluding hydrogens is 218 g/mol. The average molecular weight is 245 g/mol. The van der Waals surface area contributed by atoms with Crippen molar-refractivity contribution in [2.24, 2.45) is 0 Å². The number of hydrogen-bond acceptors (Lipinski definition) is 1. The minimum atomic E-state index is 0.250. The average Bonchev–Trinajstić information content (AvgIpc) is 2.74. The van der Waals surface area contributed by atoms with Crippen LogP contribution in [0.3, 0.4) is 0 Å². The Bertz CT molecular complexity index is 397. The van der Waals surface area contributed by atoms with E-state index in [0.29, 0.717) is 6.04 Å². The fourth-order valence-electron chi connectivity index (χ4n) is 2.93. The lowest BCUT2D eigenvalue weighted by Crippen LogP contribution is -2.24. The van der Waals surface area contributed by atoms with Crippen molar-refractivity contribution in [1.82, 2.24) is 5.32 Å². The summed E-state index contributed by atoms with van der Waals surface area (Å²) in [7, 11) is 0. The number of nitrogens with one attached hydrogen (secondary N) is 1. The predicted molar refractivity (Wildman–Crippen MR) is 79.3 cm³/mol. The molecule has 1 fully saturated rings. The Labute approximate surface area is 112 Å². The number of rotatable bonds is 2. The van der Waals surface area contributed by atoms with Crippen molar-refractivity contribution in [2.75, 3.05) is 6.54 Å². The van der Waals surface area contributed by atoms with Crippen molar-refractivity contribution in [3.63, 3.8) is 0 Å². The topological polar surface area (TPSA) is 12.0 Å². The molecule has 1 nitrogen and oxygen atoms in total. The van der Waals surface area contributed by atoms with E-state index in [1.54, 1.807) is 5.56 Å². The van der Waals surface area contributed by atoms with E-state index >= 15 is 0 Å². The zero-order valence-electron chi connectivity index (χ0n) is 12.6. The smallest absolute Gasteiger partial charge is 0.0108 e. The third kappa shape index (κ3) is 2.95. The van der Waals surface area contributed by atoms with E-state index in [1.165, 1.54) is 42.5 Å². The summed E-state index contributed by atoms with van der Waals surface area (Å²) >= 11 is 0. The third-order valence-electron chi connectivity index (χ3n) is 4.17. The molecule has 1 N–H and O–H groups in total. The molecule has 18 heavy (non-hydrogen) atoms. The van der Waals surface area contributed by atoms with Crippen LogP contribution in [0.1, 0.15) is 55.9 Å². The molecule has 0 amide bonds. The summed E-state index contributed by atoms with van der Waals surface area (Å²) in [5.41, 5.74) is 6.20. The van der Waals surface area contributed by atoms with Crippen LogP contribution in [0.2, 0.25) is 0 Å². The molecule has 1 heteroatoms. The van der Waals surface area contributed by atoms with Gasteiger partial charge in [0, 0.05) is 6.04 Å². The molecule has 0 radical (unpaired) electrons. The quantitative estimate of drug-likeness (QED) is 0.833. The van der Waals surface area contributed by atoms with Gasteiger partial charge >= 0.3 is 0 Å². The fourth-order valence-corrected chi connectivity index (χ4v) is 2.93. The van der Waals surface area contributed by atoms with E-state index in [2.05, 4.69) is 52.1 Å². The van der Waals surface area contributed by atoms with Gasteiger partial charge in [-0.05, 0) is 67.3 Å². The molecule has 1 aromatic rings. The first-order chi connectivity index (χ1) is 8.38. The van der Waals surface area contributed by atoms with Gasteiger partial charge in [-0.1, -0.05) is 32.9 Å². The molecule has 1 saturated heterocycles. The van der Waals surface area contributed by atoms with E-state index < -0.39 is 0 Å². The molecule has 1 atom stereocenters. The highest BCUT2D eigenvalue weighted by Gasteiger charge is 2.19. The van der Waals surface area contributed by atoms with Crippen LogP contribution in [0.15, 0.2) is 12.1 Å². The zero-order chi connectivity index (χ0) is 13.3. The zero-order valence-corrected chi connectivity index (χ0v) is 12.6. The van der Waals surface area contributed by atoms with Crippen molar-refractivity contribution < 1.29 is 0 Å². The normalized spacial score (nSPS) is 20.4. The van der Waals surface area contributed by atoms with Crippen LogP contribution in [0.25, 0.3) is 0 Å². The van der Waals surface area contributed by atoms with Crippen LogP contribution in [-0.2, 0) is 11.8 Å². The second kappa shape index (κ2) is 5.05. The maximum atomic E-state index is 3.60. The Morgan fingerprint density at radius 2 is 1.78 bits per heavy atom. The highest BCUT2D eigenvalue weighted by atomic mass is 14.9. The SMILES string of the molecule is Cc1cc(C(C)(C)C)cc(C)c1CC1CCCN1. The third-order valence-corrected chi connectivity index (χ3v) is 4.17. The van der Waals surface area contributed by atoms with Crippen molar-refractivity contribution >= 4 is 0 Å². The van der Waals surface area contributed by atoms with Crippen LogP contribution >= 0.6 is 0 Å². The first-order valence-electron chi connectivity index (χ1n) is 7.22. The maximum absolute atomic E-state index is 3.60. The van der Waals surface area contributed by atoms with Crippen LogP contribution in [0.4, 0.5) is 0 Å². The lowest BCUT2D eigenvalue weighted by Gasteiger charge is -2.23. The second-order valence-electron chi connectivity index (χ2n) is 6.84. The summed E-state index contributed by atoms with van der Waals surface area (Å²) in [5, 5.41) is 3.60. The Morgan fingerprint density at radius 1 is 1.17 bits per heavy atom. The highest BCUT2D eigenvalue weighted by molar-refractivity contribution is 5.41. The molecule has 1 aliphatic heterocycles. The molecule has 0 spiro atoms. The Balaban J connectivity index is 2.26. The molecule has 0 saturated carbocycles. The minimum Gasteiger partial charge on any atom is -0.314 e. The van der Waals surface area contributed by atoms with Gasteiger partial charge in [-0.25, -0.2) is 0 Å². The van der Waals surface area contributed by atoms with E-state index in [1.807, 2.05) is 0 Å². The Hall–Kier alpha value is -0.820. The summed E-state index contributed by atoms with van der Waals surface area (Å²) in [6, 6.07) is 5.47. The minimum absolute atomic E-state index is 0.250. The molecule has 1 aromatic carbocycles. The molecule has 0 aromatic heterocycles. The van der Waals surface area contributed by atoms with Crippen molar-refractivity contribution in [1.29, 1.82) is 0 Å². The monoisotopic (exact) mass is 245 g/mol. The lowest BCUT2D eigenvalue weighted by atomic mass is 9.83. The van der Waals surface area contributed by atoms with Gasteiger partial charge in [0.25, 0.3) is 0 Å². The van der Waals surface area contributed by atoms with Gasteiger partial charge in [0.05, 0.1) is 0 Å². The largest absolute Gasteiger partial charge is 0.314 e. The molecular formula is C17H27N. The van der Waals surface area contributed by atoms with E-state index in [4.69, 9.17) is 0 Å². The summed E-state index contributed by atoms with van der Waals surface area (Å²) < 4.78 is 0. The van der Waals surface area contributed by atoms with Gasteiger partial charge in [-0.2, -0.15) is 0 Å². The van der Waals surface area contributed by atoms with Gasteiger partial charge in [0.2, 0.25) is 0 Å². The first kappa shape index (κ1) is 13.6. The predicted octanol–water partition coefficient (Wildman–Crippen LogP) is 3.90. The molecule has 1 heterocycles. The van der Waals surface area contributed by atoms with Crippen LogP contribution < -0.4 is 5.32 Å². The standard InChI is InChI=1S/C17H27N/c1-12-9-14(17(3,4)5)10-13(2)16(12)11-15-7-6-8-18-15/h9-10,15,18H,6-8,11H2,1-5H3. The maximum Gasteiger partial charge on any atom is 0.0108 e. The van der Waals surface area contributed by atoms with Gasteiger partial charge in [-0.15, -0.1) is 0 Å². The molecule has 0 aliphatic carbocycles. The van der Waals surface area contributed by atoms with Gasteiger partial charge in [0.1, 0.15) is 0 Å². The fraction of sp³-hybridized carbons (Fsp3) is 0.647. The van der Waals surface area contributed by atoms with Crippen LogP contribution in [0.5, 0.6) is 0 Å². The van der Waals surface area contributed by atoms with Gasteiger partial charge in [-0.3, -0.25) is 0 Å². The number of hydrogen-bond donors (Lipinski definition) is 1. The molecule has 1 aliphatic rings. The molecule has 100 valence electrons. The van der Waals surface area contributed by atoms with Gasteiger partial charge in [0.15, 0.2) is 0 Å². The molecule has 0 bridgehead atoms. The summed E-state index contributed by atoms with van der Waals surface area (Å²) in [6.07, 6.45) is 3.87.